The van der Waals surface area contributed by atoms with Crippen molar-refractivity contribution in [2.75, 3.05) is 19.8 Å². The maximum Gasteiger partial charge on any atom is 0.339 e. The molecule has 100 valence electrons. The maximum atomic E-state index is 11.1. The molecule has 0 saturated carbocycles. The van der Waals surface area contributed by atoms with Crippen LogP contribution in [0.15, 0.2) is 6.20 Å². The van der Waals surface area contributed by atoms with Gasteiger partial charge in [-0.1, -0.05) is 0 Å². The summed E-state index contributed by atoms with van der Waals surface area (Å²) in [6.45, 7) is 6.93. The molecule has 0 unspecified atom stereocenters. The lowest BCUT2D eigenvalue weighted by Crippen LogP contribution is -2.52. The molecule has 0 amide bonds. The zero-order chi connectivity index (χ0) is 13.3. The Balaban J connectivity index is 2.23. The van der Waals surface area contributed by atoms with Crippen LogP contribution >= 0.6 is 0 Å². The highest BCUT2D eigenvalue weighted by molar-refractivity contribution is 5.88. The predicted octanol–water partition coefficient (Wildman–Crippen LogP) is 0.729. The molecular formula is C12H19N3O3. The summed E-state index contributed by atoms with van der Waals surface area (Å²) >= 11 is 0. The minimum absolute atomic E-state index is 0.0850. The van der Waals surface area contributed by atoms with Gasteiger partial charge in [-0.2, -0.15) is 5.10 Å². The van der Waals surface area contributed by atoms with Crippen LogP contribution in [0.2, 0.25) is 0 Å². The van der Waals surface area contributed by atoms with Crippen LogP contribution in [0, 0.1) is 0 Å². The van der Waals surface area contributed by atoms with Gasteiger partial charge in [0.05, 0.1) is 25.1 Å². The number of nitrogens with zero attached hydrogens (tertiary/aromatic N) is 3. The van der Waals surface area contributed by atoms with Gasteiger partial charge in [0.25, 0.3) is 0 Å². The minimum atomic E-state index is -0.927. The van der Waals surface area contributed by atoms with Crippen LogP contribution < -0.4 is 0 Å². The van der Waals surface area contributed by atoms with E-state index in [1.807, 2.05) is 0 Å². The standard InChI is InChI=1S/C12H19N3O3/c1-12(2)8-18-5-4-15(12)7-10-9(11(16)17)6-13-14(10)3/h6H,4-5,7-8H2,1-3H3,(H,16,17). The molecule has 2 rings (SSSR count). The molecule has 0 radical (unpaired) electrons. The smallest absolute Gasteiger partial charge is 0.339 e. The van der Waals surface area contributed by atoms with Gasteiger partial charge in [-0.15, -0.1) is 0 Å². The third kappa shape index (κ3) is 2.39. The Morgan fingerprint density at radius 3 is 2.94 bits per heavy atom. The maximum absolute atomic E-state index is 11.1. The van der Waals surface area contributed by atoms with E-state index in [0.717, 1.165) is 12.2 Å². The van der Waals surface area contributed by atoms with E-state index in [-0.39, 0.29) is 11.1 Å². The molecule has 1 aliphatic heterocycles. The Bertz CT molecular complexity index is 453. The SMILES string of the molecule is Cn1ncc(C(=O)O)c1CN1CCOCC1(C)C. The molecule has 18 heavy (non-hydrogen) atoms. The summed E-state index contributed by atoms with van der Waals surface area (Å²) in [6, 6.07) is 0. The molecule has 0 atom stereocenters. The van der Waals surface area contributed by atoms with Gasteiger partial charge in [0.1, 0.15) is 5.56 Å². The van der Waals surface area contributed by atoms with Crippen LogP contribution in [0.25, 0.3) is 0 Å². The van der Waals surface area contributed by atoms with Crippen molar-refractivity contribution in [1.82, 2.24) is 14.7 Å². The Labute approximate surface area is 106 Å². The molecule has 1 fully saturated rings. The van der Waals surface area contributed by atoms with Gasteiger partial charge in [0.15, 0.2) is 0 Å². The Morgan fingerprint density at radius 1 is 1.61 bits per heavy atom. The third-order valence-electron chi connectivity index (χ3n) is 3.45. The molecular weight excluding hydrogens is 234 g/mol. The Kier molecular flexibility index (Phi) is 3.41. The molecule has 1 aliphatic rings. The number of carbonyl (C=O) groups is 1. The highest BCUT2D eigenvalue weighted by Gasteiger charge is 2.32. The quantitative estimate of drug-likeness (QED) is 0.860. The number of hydrogen-bond acceptors (Lipinski definition) is 4. The molecule has 6 heteroatoms. The summed E-state index contributed by atoms with van der Waals surface area (Å²) in [7, 11) is 1.77. The fraction of sp³-hybridized carbons (Fsp3) is 0.667. The lowest BCUT2D eigenvalue weighted by atomic mass is 10.0. The number of morpholine rings is 1. The summed E-state index contributed by atoms with van der Waals surface area (Å²) in [6.07, 6.45) is 1.41. The zero-order valence-electron chi connectivity index (χ0n) is 11.0. The first-order valence-electron chi connectivity index (χ1n) is 5.99. The highest BCUT2D eigenvalue weighted by Crippen LogP contribution is 2.22. The van der Waals surface area contributed by atoms with Crippen LogP contribution in [0.3, 0.4) is 0 Å². The Morgan fingerprint density at radius 2 is 2.33 bits per heavy atom. The van der Waals surface area contributed by atoms with Crippen molar-refractivity contribution >= 4 is 5.97 Å². The van der Waals surface area contributed by atoms with E-state index in [4.69, 9.17) is 9.84 Å². The van der Waals surface area contributed by atoms with E-state index in [9.17, 15) is 4.79 Å². The van der Waals surface area contributed by atoms with Gasteiger partial charge in [-0.3, -0.25) is 9.58 Å². The van der Waals surface area contributed by atoms with Crippen LogP contribution in [0.5, 0.6) is 0 Å². The first-order valence-corrected chi connectivity index (χ1v) is 5.99. The fourth-order valence-corrected chi connectivity index (χ4v) is 2.19. The lowest BCUT2D eigenvalue weighted by Gasteiger charge is -2.42. The van der Waals surface area contributed by atoms with Crippen molar-refractivity contribution in [2.24, 2.45) is 7.05 Å². The summed E-state index contributed by atoms with van der Waals surface area (Å²) in [5.41, 5.74) is 0.926. The van der Waals surface area contributed by atoms with E-state index in [1.54, 1.807) is 11.7 Å². The number of carboxylic acids is 1. The van der Waals surface area contributed by atoms with E-state index in [0.29, 0.717) is 19.8 Å². The van der Waals surface area contributed by atoms with Crippen molar-refractivity contribution < 1.29 is 14.6 Å². The van der Waals surface area contributed by atoms with Crippen molar-refractivity contribution in [2.45, 2.75) is 25.9 Å². The third-order valence-corrected chi connectivity index (χ3v) is 3.45. The van der Waals surface area contributed by atoms with Gasteiger partial charge in [-0.25, -0.2) is 4.79 Å². The first-order chi connectivity index (χ1) is 8.42. The normalized spacial score (nSPS) is 19.9. The molecule has 1 N–H and O–H groups in total. The Hall–Kier alpha value is -1.40. The second-order valence-corrected chi connectivity index (χ2v) is 5.22. The number of aryl methyl sites for hydroxylation is 1. The average molecular weight is 253 g/mol. The van der Waals surface area contributed by atoms with Gasteiger partial charge in [0.2, 0.25) is 0 Å². The monoisotopic (exact) mass is 253 g/mol. The van der Waals surface area contributed by atoms with Crippen molar-refractivity contribution in [3.63, 3.8) is 0 Å². The molecule has 0 aliphatic carbocycles. The van der Waals surface area contributed by atoms with Crippen molar-refractivity contribution in [3.05, 3.63) is 17.5 Å². The van der Waals surface area contributed by atoms with Crippen LogP contribution in [-0.4, -0.2) is 51.1 Å². The number of aromatic nitrogens is 2. The molecule has 1 aromatic rings. The van der Waals surface area contributed by atoms with Crippen LogP contribution in [0.1, 0.15) is 29.9 Å². The number of ether oxygens (including phenoxy) is 1. The molecule has 0 bridgehead atoms. The van der Waals surface area contributed by atoms with Crippen molar-refractivity contribution in [3.8, 4) is 0 Å². The number of carboxylic acid groups (broad SMARTS) is 1. The predicted molar refractivity (Wildman–Crippen MR) is 65.5 cm³/mol. The van der Waals surface area contributed by atoms with E-state index < -0.39 is 5.97 Å². The highest BCUT2D eigenvalue weighted by atomic mass is 16.5. The number of rotatable bonds is 3. The molecule has 1 aromatic heterocycles. The lowest BCUT2D eigenvalue weighted by molar-refractivity contribution is -0.0562. The second-order valence-electron chi connectivity index (χ2n) is 5.22. The zero-order valence-corrected chi connectivity index (χ0v) is 11.0. The topological polar surface area (TPSA) is 67.6 Å². The second kappa shape index (κ2) is 4.70. The minimum Gasteiger partial charge on any atom is -0.478 e. The van der Waals surface area contributed by atoms with Crippen LogP contribution in [-0.2, 0) is 18.3 Å². The molecule has 2 heterocycles. The largest absolute Gasteiger partial charge is 0.478 e. The van der Waals surface area contributed by atoms with E-state index in [1.165, 1.54) is 6.20 Å². The van der Waals surface area contributed by atoms with Gasteiger partial charge in [-0.05, 0) is 13.8 Å². The molecule has 1 saturated heterocycles. The van der Waals surface area contributed by atoms with E-state index in [2.05, 4.69) is 23.8 Å². The van der Waals surface area contributed by atoms with E-state index >= 15 is 0 Å². The number of hydrogen-bond donors (Lipinski definition) is 1. The summed E-state index contributed by atoms with van der Waals surface area (Å²) in [5.74, 6) is -0.927. The fourth-order valence-electron chi connectivity index (χ4n) is 2.19. The van der Waals surface area contributed by atoms with Gasteiger partial charge in [0, 0.05) is 25.7 Å². The molecule has 0 spiro atoms. The van der Waals surface area contributed by atoms with Gasteiger partial charge >= 0.3 is 5.97 Å². The summed E-state index contributed by atoms with van der Waals surface area (Å²) in [4.78, 5) is 13.4. The average Bonchev–Trinajstić information content (AvgIpc) is 2.63. The molecule has 0 aromatic carbocycles. The molecule has 6 nitrogen and oxygen atoms in total. The van der Waals surface area contributed by atoms with Gasteiger partial charge < -0.3 is 9.84 Å². The van der Waals surface area contributed by atoms with Crippen molar-refractivity contribution in [1.29, 1.82) is 0 Å². The first kappa shape index (κ1) is 13.0. The summed E-state index contributed by atoms with van der Waals surface area (Å²) < 4.78 is 7.10. The number of aromatic carboxylic acids is 1. The summed E-state index contributed by atoms with van der Waals surface area (Å²) in [5, 5.41) is 13.2. The van der Waals surface area contributed by atoms with Crippen LogP contribution in [0.4, 0.5) is 0 Å².